The molecule has 2 aromatic rings. The van der Waals surface area contributed by atoms with Crippen LogP contribution in [0.4, 0.5) is 4.39 Å². The number of hydrogen-bond acceptors (Lipinski definition) is 0. The van der Waals surface area contributed by atoms with Crippen molar-refractivity contribution in [2.45, 2.75) is 4.83 Å². The number of hydrogen-bond donors (Lipinski definition) is 0. The minimum atomic E-state index is -0.335. The quantitative estimate of drug-likeness (QED) is 0.502. The van der Waals surface area contributed by atoms with Gasteiger partial charge in [-0.05, 0) is 29.8 Å². The Morgan fingerprint density at radius 1 is 1.11 bits per heavy atom. The molecule has 0 aromatic heterocycles. The van der Waals surface area contributed by atoms with Crippen LogP contribution < -0.4 is 0 Å². The molecule has 0 radical (unpaired) electrons. The first-order chi connectivity index (χ1) is 8.50. The third-order valence-corrected chi connectivity index (χ3v) is 4.69. The van der Waals surface area contributed by atoms with Crippen LogP contribution in [-0.4, -0.2) is 0 Å². The van der Waals surface area contributed by atoms with Crippen molar-refractivity contribution in [2.24, 2.45) is 0 Å². The van der Waals surface area contributed by atoms with Gasteiger partial charge >= 0.3 is 0 Å². The van der Waals surface area contributed by atoms with Crippen LogP contribution in [0.15, 0.2) is 40.9 Å². The summed E-state index contributed by atoms with van der Waals surface area (Å²) < 4.78 is 14.6. The zero-order chi connectivity index (χ0) is 13.3. The maximum Gasteiger partial charge on any atom is 0.129 e. The summed E-state index contributed by atoms with van der Waals surface area (Å²) in [6.07, 6.45) is 0. The summed E-state index contributed by atoms with van der Waals surface area (Å²) in [4.78, 5) is -0.335. The van der Waals surface area contributed by atoms with Gasteiger partial charge in [-0.15, -0.1) is 0 Å². The molecule has 0 amide bonds. The molecule has 0 fully saturated rings. The zero-order valence-electron chi connectivity index (χ0n) is 8.93. The molecule has 0 nitrogen and oxygen atoms in total. The molecule has 0 aliphatic rings. The van der Waals surface area contributed by atoms with E-state index in [-0.39, 0.29) is 10.6 Å². The van der Waals surface area contributed by atoms with Gasteiger partial charge in [0, 0.05) is 20.1 Å². The summed E-state index contributed by atoms with van der Waals surface area (Å²) in [5, 5.41) is 1.05. The molecule has 18 heavy (non-hydrogen) atoms. The van der Waals surface area contributed by atoms with Crippen molar-refractivity contribution < 1.29 is 4.39 Å². The normalized spacial score (nSPS) is 12.5. The average molecular weight is 413 g/mol. The maximum absolute atomic E-state index is 13.9. The van der Waals surface area contributed by atoms with E-state index in [9.17, 15) is 4.39 Å². The van der Waals surface area contributed by atoms with Gasteiger partial charge < -0.3 is 0 Å². The Kier molecular flexibility index (Phi) is 4.70. The summed E-state index contributed by atoms with van der Waals surface area (Å²) in [6.45, 7) is 0. The summed E-state index contributed by atoms with van der Waals surface area (Å²) in [5.41, 5.74) is 1.29. The highest BCUT2D eigenvalue weighted by atomic mass is 79.9. The van der Waals surface area contributed by atoms with E-state index in [1.54, 1.807) is 30.3 Å². The number of benzene rings is 2. The monoisotopic (exact) mass is 410 g/mol. The molecule has 2 aromatic carbocycles. The highest BCUT2D eigenvalue weighted by Crippen LogP contribution is 2.40. The number of halogens is 5. The molecule has 0 spiro atoms. The van der Waals surface area contributed by atoms with Gasteiger partial charge in [0.15, 0.2) is 0 Å². The first-order valence-corrected chi connectivity index (χ1v) is 7.50. The molecule has 5 heteroatoms. The van der Waals surface area contributed by atoms with Crippen LogP contribution in [0.1, 0.15) is 16.0 Å². The lowest BCUT2D eigenvalue weighted by Crippen LogP contribution is -1.98. The molecule has 0 N–H and O–H groups in total. The van der Waals surface area contributed by atoms with Gasteiger partial charge in [0.1, 0.15) is 5.82 Å². The molecule has 0 aliphatic carbocycles. The molecule has 0 aliphatic heterocycles. The predicted octanol–water partition coefficient (Wildman–Crippen LogP) is 6.38. The van der Waals surface area contributed by atoms with E-state index in [1.807, 2.05) is 0 Å². The van der Waals surface area contributed by atoms with Gasteiger partial charge in [0.05, 0.1) is 4.83 Å². The molecular formula is C13H7Br2Cl2F. The molecule has 94 valence electrons. The van der Waals surface area contributed by atoms with Crippen LogP contribution in [-0.2, 0) is 0 Å². The molecular weight excluding hydrogens is 406 g/mol. The Labute approximate surface area is 131 Å². The summed E-state index contributed by atoms with van der Waals surface area (Å²) in [7, 11) is 0. The Balaban J connectivity index is 2.51. The molecule has 0 saturated heterocycles. The Morgan fingerprint density at radius 2 is 1.83 bits per heavy atom. The molecule has 0 heterocycles. The summed E-state index contributed by atoms with van der Waals surface area (Å²) in [6, 6.07) is 10.00. The van der Waals surface area contributed by atoms with E-state index < -0.39 is 0 Å². The molecule has 0 bridgehead atoms. The number of alkyl halides is 1. The van der Waals surface area contributed by atoms with Crippen molar-refractivity contribution >= 4 is 55.1 Å². The third kappa shape index (κ3) is 2.90. The molecule has 2 rings (SSSR count). The van der Waals surface area contributed by atoms with Crippen LogP contribution in [0.25, 0.3) is 0 Å². The van der Waals surface area contributed by atoms with Crippen LogP contribution >= 0.6 is 55.1 Å². The largest absolute Gasteiger partial charge is 0.207 e. The topological polar surface area (TPSA) is 0 Å². The van der Waals surface area contributed by atoms with Crippen LogP contribution in [0, 0.1) is 5.82 Å². The second-order valence-electron chi connectivity index (χ2n) is 3.66. The number of rotatable bonds is 2. The van der Waals surface area contributed by atoms with Crippen molar-refractivity contribution in [3.63, 3.8) is 0 Å². The summed E-state index contributed by atoms with van der Waals surface area (Å²) in [5.74, 6) is -0.294. The Hall–Kier alpha value is -0.0900. The Morgan fingerprint density at radius 3 is 2.44 bits per heavy atom. The predicted molar refractivity (Wildman–Crippen MR) is 81.3 cm³/mol. The lowest BCUT2D eigenvalue weighted by Gasteiger charge is -2.15. The maximum atomic E-state index is 13.9. The van der Waals surface area contributed by atoms with Crippen molar-refractivity contribution in [3.05, 3.63) is 67.9 Å². The van der Waals surface area contributed by atoms with Crippen molar-refractivity contribution in [1.82, 2.24) is 0 Å². The van der Waals surface area contributed by atoms with E-state index in [1.165, 1.54) is 6.07 Å². The molecule has 0 saturated carbocycles. The summed E-state index contributed by atoms with van der Waals surface area (Å²) >= 11 is 18.8. The molecule has 1 unspecified atom stereocenters. The van der Waals surface area contributed by atoms with Crippen molar-refractivity contribution in [1.29, 1.82) is 0 Å². The Bertz CT molecular complexity index is 567. The lowest BCUT2D eigenvalue weighted by molar-refractivity contribution is 0.612. The van der Waals surface area contributed by atoms with Gasteiger partial charge in [-0.2, -0.15) is 0 Å². The fourth-order valence-electron chi connectivity index (χ4n) is 1.62. The van der Waals surface area contributed by atoms with Gasteiger partial charge in [-0.25, -0.2) is 4.39 Å². The van der Waals surface area contributed by atoms with Gasteiger partial charge in [-0.3, -0.25) is 0 Å². The van der Waals surface area contributed by atoms with Crippen LogP contribution in [0.3, 0.4) is 0 Å². The van der Waals surface area contributed by atoms with E-state index in [4.69, 9.17) is 23.2 Å². The van der Waals surface area contributed by atoms with Crippen LogP contribution in [0.5, 0.6) is 0 Å². The zero-order valence-corrected chi connectivity index (χ0v) is 13.6. The second-order valence-corrected chi connectivity index (χ2v) is 6.28. The van der Waals surface area contributed by atoms with Gasteiger partial charge in [0.2, 0.25) is 0 Å². The first-order valence-electron chi connectivity index (χ1n) is 5.03. The van der Waals surface area contributed by atoms with Gasteiger partial charge in [0.25, 0.3) is 0 Å². The minimum Gasteiger partial charge on any atom is -0.207 e. The SMILES string of the molecule is Fc1cccc(Br)c1C(Br)c1ccc(Cl)cc1Cl. The first kappa shape index (κ1) is 14.3. The van der Waals surface area contributed by atoms with E-state index in [0.29, 0.717) is 20.1 Å². The smallest absolute Gasteiger partial charge is 0.129 e. The fraction of sp³-hybridized carbons (Fsp3) is 0.0769. The highest BCUT2D eigenvalue weighted by Gasteiger charge is 2.20. The standard InChI is InChI=1S/C13H7Br2Cl2F/c14-9-2-1-3-11(18)12(9)13(15)8-5-4-7(16)6-10(8)17/h1-6,13H. The third-order valence-electron chi connectivity index (χ3n) is 2.49. The second kappa shape index (κ2) is 5.91. The van der Waals surface area contributed by atoms with Crippen molar-refractivity contribution in [2.75, 3.05) is 0 Å². The highest BCUT2D eigenvalue weighted by molar-refractivity contribution is 9.11. The lowest BCUT2D eigenvalue weighted by atomic mass is 10.0. The average Bonchev–Trinajstić information content (AvgIpc) is 2.28. The van der Waals surface area contributed by atoms with Crippen LogP contribution in [0.2, 0.25) is 10.0 Å². The van der Waals surface area contributed by atoms with E-state index in [0.717, 1.165) is 5.56 Å². The van der Waals surface area contributed by atoms with E-state index in [2.05, 4.69) is 31.9 Å². The van der Waals surface area contributed by atoms with Crippen molar-refractivity contribution in [3.8, 4) is 0 Å². The minimum absolute atomic E-state index is 0.294. The molecule has 1 atom stereocenters. The van der Waals surface area contributed by atoms with Gasteiger partial charge in [-0.1, -0.05) is 67.2 Å². The van der Waals surface area contributed by atoms with E-state index >= 15 is 0 Å². The fourth-order valence-corrected chi connectivity index (χ4v) is 4.01.